The molecule has 0 aromatic carbocycles. The Balaban J connectivity index is 1.48. The second-order valence-corrected chi connectivity index (χ2v) is 6.23. The van der Waals surface area contributed by atoms with Crippen LogP contribution in [0.1, 0.15) is 36.1 Å². The summed E-state index contributed by atoms with van der Waals surface area (Å²) >= 11 is 0. The zero-order valence-electron chi connectivity index (χ0n) is 14.0. The van der Waals surface area contributed by atoms with Crippen LogP contribution in [0.5, 0.6) is 0 Å². The SMILES string of the molecule is CCn1cc([C@H]2OCC[C@@H]2CNCCc2ccncc2C)cn1. The molecule has 0 unspecified atom stereocenters. The number of ether oxygens (including phenoxy) is 1. The molecule has 23 heavy (non-hydrogen) atoms. The van der Waals surface area contributed by atoms with Crippen molar-refractivity contribution in [3.8, 4) is 0 Å². The Bertz CT molecular complexity index is 625. The van der Waals surface area contributed by atoms with Gasteiger partial charge >= 0.3 is 0 Å². The number of hydrogen-bond donors (Lipinski definition) is 1. The van der Waals surface area contributed by atoms with Crippen LogP contribution in [0.4, 0.5) is 0 Å². The van der Waals surface area contributed by atoms with E-state index in [1.54, 1.807) is 0 Å². The molecule has 1 aliphatic heterocycles. The van der Waals surface area contributed by atoms with Gasteiger partial charge in [0.2, 0.25) is 0 Å². The molecule has 3 heterocycles. The Morgan fingerprint density at radius 2 is 2.30 bits per heavy atom. The molecule has 0 spiro atoms. The third kappa shape index (κ3) is 3.98. The topological polar surface area (TPSA) is 52.0 Å². The van der Waals surface area contributed by atoms with Crippen LogP contribution in [0.25, 0.3) is 0 Å². The summed E-state index contributed by atoms with van der Waals surface area (Å²) in [5.41, 5.74) is 3.85. The zero-order valence-corrected chi connectivity index (χ0v) is 14.0. The maximum atomic E-state index is 5.94. The molecule has 1 saturated heterocycles. The lowest BCUT2D eigenvalue weighted by molar-refractivity contribution is 0.0905. The third-order valence-corrected chi connectivity index (χ3v) is 4.63. The monoisotopic (exact) mass is 314 g/mol. The number of aromatic nitrogens is 3. The molecule has 1 fully saturated rings. The van der Waals surface area contributed by atoms with Crippen LogP contribution >= 0.6 is 0 Å². The van der Waals surface area contributed by atoms with E-state index >= 15 is 0 Å². The molecule has 124 valence electrons. The number of hydrogen-bond acceptors (Lipinski definition) is 4. The minimum atomic E-state index is 0.186. The molecule has 2 aromatic heterocycles. The largest absolute Gasteiger partial charge is 0.373 e. The van der Waals surface area contributed by atoms with Gasteiger partial charge in [-0.05, 0) is 50.4 Å². The van der Waals surface area contributed by atoms with Crippen molar-refractivity contribution < 1.29 is 4.74 Å². The quantitative estimate of drug-likeness (QED) is 0.798. The van der Waals surface area contributed by atoms with Crippen molar-refractivity contribution in [3.05, 3.63) is 47.5 Å². The highest BCUT2D eigenvalue weighted by Gasteiger charge is 2.30. The van der Waals surface area contributed by atoms with E-state index in [4.69, 9.17) is 4.74 Å². The summed E-state index contributed by atoms with van der Waals surface area (Å²) in [6, 6.07) is 2.11. The summed E-state index contributed by atoms with van der Waals surface area (Å²) in [4.78, 5) is 4.14. The van der Waals surface area contributed by atoms with Crippen molar-refractivity contribution in [2.24, 2.45) is 5.92 Å². The van der Waals surface area contributed by atoms with Gasteiger partial charge in [0.05, 0.1) is 12.3 Å². The van der Waals surface area contributed by atoms with Crippen molar-refractivity contribution in [1.82, 2.24) is 20.1 Å². The first-order chi connectivity index (χ1) is 11.3. The second-order valence-electron chi connectivity index (χ2n) is 6.23. The predicted octanol–water partition coefficient (Wildman–Crippen LogP) is 2.52. The molecule has 5 nitrogen and oxygen atoms in total. The third-order valence-electron chi connectivity index (χ3n) is 4.63. The normalized spacial score (nSPS) is 21.0. The highest BCUT2D eigenvalue weighted by Crippen LogP contribution is 2.33. The molecule has 0 radical (unpaired) electrons. The first kappa shape index (κ1) is 16.1. The maximum Gasteiger partial charge on any atom is 0.0896 e. The van der Waals surface area contributed by atoms with E-state index < -0.39 is 0 Å². The number of pyridine rings is 1. The van der Waals surface area contributed by atoms with Gasteiger partial charge in [-0.2, -0.15) is 5.10 Å². The molecular formula is C18H26N4O. The van der Waals surface area contributed by atoms with Crippen molar-refractivity contribution in [2.75, 3.05) is 19.7 Å². The summed E-state index contributed by atoms with van der Waals surface area (Å²) in [7, 11) is 0. The van der Waals surface area contributed by atoms with Gasteiger partial charge in [-0.1, -0.05) is 0 Å². The summed E-state index contributed by atoms with van der Waals surface area (Å²) in [6.45, 7) is 7.95. The first-order valence-corrected chi connectivity index (χ1v) is 8.52. The minimum absolute atomic E-state index is 0.186. The fourth-order valence-electron chi connectivity index (χ4n) is 3.20. The summed E-state index contributed by atoms with van der Waals surface area (Å²) in [6.07, 6.45) is 10.2. The molecule has 3 rings (SSSR count). The highest BCUT2D eigenvalue weighted by molar-refractivity contribution is 5.21. The minimum Gasteiger partial charge on any atom is -0.373 e. The molecule has 2 aromatic rings. The Kier molecular flexibility index (Phi) is 5.41. The van der Waals surface area contributed by atoms with Crippen LogP contribution in [0, 0.1) is 12.8 Å². The fraction of sp³-hybridized carbons (Fsp3) is 0.556. The number of nitrogens with one attached hydrogen (secondary N) is 1. The van der Waals surface area contributed by atoms with Gasteiger partial charge in [-0.3, -0.25) is 9.67 Å². The number of rotatable bonds is 7. The lowest BCUT2D eigenvalue weighted by Crippen LogP contribution is -2.26. The summed E-state index contributed by atoms with van der Waals surface area (Å²) in [5, 5.41) is 7.97. The molecule has 0 aliphatic carbocycles. The van der Waals surface area contributed by atoms with Gasteiger partial charge in [0.1, 0.15) is 0 Å². The first-order valence-electron chi connectivity index (χ1n) is 8.52. The number of nitrogens with zero attached hydrogens (tertiary/aromatic N) is 3. The van der Waals surface area contributed by atoms with Crippen LogP contribution in [0.2, 0.25) is 0 Å². The van der Waals surface area contributed by atoms with Crippen molar-refractivity contribution in [1.29, 1.82) is 0 Å². The second kappa shape index (κ2) is 7.70. The Labute approximate surface area is 138 Å². The number of aryl methyl sites for hydroxylation is 2. The Morgan fingerprint density at radius 3 is 3.09 bits per heavy atom. The van der Waals surface area contributed by atoms with E-state index in [0.717, 1.165) is 39.1 Å². The zero-order chi connectivity index (χ0) is 16.1. The molecule has 1 N–H and O–H groups in total. The molecule has 0 amide bonds. The van der Waals surface area contributed by atoms with Gasteiger partial charge in [0.25, 0.3) is 0 Å². The van der Waals surface area contributed by atoms with E-state index in [1.807, 2.05) is 23.3 Å². The lowest BCUT2D eigenvalue weighted by atomic mass is 9.97. The van der Waals surface area contributed by atoms with Crippen molar-refractivity contribution in [2.45, 2.75) is 39.3 Å². The average molecular weight is 314 g/mol. The van der Waals surface area contributed by atoms with Gasteiger partial charge in [0.15, 0.2) is 0 Å². The average Bonchev–Trinajstić information content (AvgIpc) is 3.21. The van der Waals surface area contributed by atoms with Crippen LogP contribution in [-0.4, -0.2) is 34.5 Å². The van der Waals surface area contributed by atoms with Gasteiger partial charge in [0, 0.05) is 49.8 Å². The highest BCUT2D eigenvalue weighted by atomic mass is 16.5. The molecule has 5 heteroatoms. The van der Waals surface area contributed by atoms with Gasteiger partial charge < -0.3 is 10.1 Å². The summed E-state index contributed by atoms with van der Waals surface area (Å²) < 4.78 is 7.91. The van der Waals surface area contributed by atoms with E-state index in [1.165, 1.54) is 16.7 Å². The molecule has 1 aliphatic rings. The van der Waals surface area contributed by atoms with Gasteiger partial charge in [-0.15, -0.1) is 0 Å². The van der Waals surface area contributed by atoms with Crippen molar-refractivity contribution in [3.63, 3.8) is 0 Å². The predicted molar refractivity (Wildman–Crippen MR) is 90.2 cm³/mol. The molecule has 0 bridgehead atoms. The van der Waals surface area contributed by atoms with Crippen LogP contribution < -0.4 is 5.32 Å². The molecular weight excluding hydrogens is 288 g/mol. The van der Waals surface area contributed by atoms with Crippen LogP contribution in [0.15, 0.2) is 30.9 Å². The van der Waals surface area contributed by atoms with E-state index in [-0.39, 0.29) is 6.10 Å². The van der Waals surface area contributed by atoms with Gasteiger partial charge in [-0.25, -0.2) is 0 Å². The fourth-order valence-corrected chi connectivity index (χ4v) is 3.20. The van der Waals surface area contributed by atoms with E-state index in [2.05, 4.69) is 41.5 Å². The summed E-state index contributed by atoms with van der Waals surface area (Å²) in [5.74, 6) is 0.531. The van der Waals surface area contributed by atoms with Crippen LogP contribution in [0.3, 0.4) is 0 Å². The van der Waals surface area contributed by atoms with E-state index in [0.29, 0.717) is 5.92 Å². The van der Waals surface area contributed by atoms with Crippen molar-refractivity contribution >= 4 is 0 Å². The Hall–Kier alpha value is -1.72. The van der Waals surface area contributed by atoms with Crippen LogP contribution in [-0.2, 0) is 17.7 Å². The molecule has 0 saturated carbocycles. The standard InChI is InChI=1S/C18H26N4O/c1-3-22-13-17(12-21-22)18-16(6-9-23-18)11-20-8-5-15-4-7-19-10-14(15)2/h4,7,10,12-13,16,18,20H,3,5-6,8-9,11H2,1-2H3/t16-,18+/m1/s1. The lowest BCUT2D eigenvalue weighted by Gasteiger charge is -2.18. The maximum absolute atomic E-state index is 5.94. The Morgan fingerprint density at radius 1 is 1.39 bits per heavy atom. The molecule has 2 atom stereocenters. The van der Waals surface area contributed by atoms with E-state index in [9.17, 15) is 0 Å². The smallest absolute Gasteiger partial charge is 0.0896 e.